The quantitative estimate of drug-likeness (QED) is 0.876. The van der Waals surface area contributed by atoms with Gasteiger partial charge in [-0.1, -0.05) is 35.5 Å². The maximum Gasteiger partial charge on any atom is 0.274 e. The minimum absolute atomic E-state index is 0.202. The van der Waals surface area contributed by atoms with E-state index in [2.05, 4.69) is 10.5 Å². The van der Waals surface area contributed by atoms with Crippen LogP contribution in [0.4, 0.5) is 0 Å². The van der Waals surface area contributed by atoms with Gasteiger partial charge in [0.15, 0.2) is 5.69 Å². The maximum absolute atomic E-state index is 12.1. The van der Waals surface area contributed by atoms with E-state index >= 15 is 0 Å². The molecule has 0 spiro atoms. The molecule has 0 aliphatic rings. The third-order valence-electron chi connectivity index (χ3n) is 2.98. The van der Waals surface area contributed by atoms with Crippen LogP contribution >= 0.6 is 0 Å². The smallest absolute Gasteiger partial charge is 0.274 e. The van der Waals surface area contributed by atoms with Gasteiger partial charge in [-0.25, -0.2) is 0 Å². The first-order valence-corrected chi connectivity index (χ1v) is 5.97. The van der Waals surface area contributed by atoms with Gasteiger partial charge in [0, 0.05) is 6.07 Å². The Labute approximate surface area is 111 Å². The summed E-state index contributed by atoms with van der Waals surface area (Å²) in [7, 11) is 0. The van der Waals surface area contributed by atoms with E-state index < -0.39 is 5.54 Å². The highest BCUT2D eigenvalue weighted by Gasteiger charge is 2.29. The van der Waals surface area contributed by atoms with Crippen molar-refractivity contribution in [3.05, 3.63) is 53.4 Å². The highest BCUT2D eigenvalue weighted by atomic mass is 16.5. The first-order chi connectivity index (χ1) is 9.05. The van der Waals surface area contributed by atoms with Crippen LogP contribution in [0.5, 0.6) is 0 Å². The van der Waals surface area contributed by atoms with Crippen molar-refractivity contribution < 1.29 is 14.4 Å². The summed E-state index contributed by atoms with van der Waals surface area (Å²) < 4.78 is 4.87. The van der Waals surface area contributed by atoms with E-state index in [0.29, 0.717) is 5.76 Å². The second kappa shape index (κ2) is 5.24. The topological polar surface area (TPSA) is 75.4 Å². The van der Waals surface area contributed by atoms with Crippen LogP contribution in [0.15, 0.2) is 40.9 Å². The molecule has 0 saturated carbocycles. The van der Waals surface area contributed by atoms with Crippen molar-refractivity contribution in [3.63, 3.8) is 0 Å². The van der Waals surface area contributed by atoms with Crippen molar-refractivity contribution >= 4 is 5.91 Å². The van der Waals surface area contributed by atoms with Gasteiger partial charge < -0.3 is 14.9 Å². The predicted octanol–water partition coefficient (Wildman–Crippen LogP) is 1.62. The van der Waals surface area contributed by atoms with E-state index in [1.165, 1.54) is 0 Å². The summed E-state index contributed by atoms with van der Waals surface area (Å²) in [4.78, 5) is 12.1. The lowest BCUT2D eigenvalue weighted by Gasteiger charge is -2.28. The molecule has 0 fully saturated rings. The summed E-state index contributed by atoms with van der Waals surface area (Å²) in [6.07, 6.45) is 0. The van der Waals surface area contributed by atoms with Crippen molar-refractivity contribution in [3.8, 4) is 0 Å². The van der Waals surface area contributed by atoms with Gasteiger partial charge in [0.25, 0.3) is 5.91 Å². The zero-order valence-electron chi connectivity index (χ0n) is 10.9. The lowest BCUT2D eigenvalue weighted by atomic mass is 9.93. The van der Waals surface area contributed by atoms with E-state index in [9.17, 15) is 9.90 Å². The third kappa shape index (κ3) is 2.82. The molecule has 1 aromatic heterocycles. The third-order valence-corrected chi connectivity index (χ3v) is 2.98. The Hall–Kier alpha value is -2.14. The minimum atomic E-state index is -0.856. The summed E-state index contributed by atoms with van der Waals surface area (Å²) in [5.74, 6) is 0.188. The molecule has 1 amide bonds. The van der Waals surface area contributed by atoms with Gasteiger partial charge in [0.2, 0.25) is 0 Å². The molecule has 0 radical (unpaired) electrons. The lowest BCUT2D eigenvalue weighted by molar-refractivity contribution is 0.0840. The molecule has 1 atom stereocenters. The Bertz CT molecular complexity index is 565. The van der Waals surface area contributed by atoms with E-state index in [1.54, 1.807) is 19.9 Å². The Morgan fingerprint density at radius 2 is 2.11 bits per heavy atom. The van der Waals surface area contributed by atoms with E-state index in [4.69, 9.17) is 4.52 Å². The molecule has 2 N–H and O–H groups in total. The number of aliphatic hydroxyl groups is 1. The number of benzene rings is 1. The molecule has 1 aromatic carbocycles. The maximum atomic E-state index is 12.1. The number of nitrogens with zero attached hydrogens (tertiary/aromatic N) is 1. The number of nitrogens with one attached hydrogen (secondary N) is 1. The van der Waals surface area contributed by atoms with E-state index in [-0.39, 0.29) is 18.2 Å². The average Bonchev–Trinajstić information content (AvgIpc) is 2.86. The summed E-state index contributed by atoms with van der Waals surface area (Å²) in [5, 5.41) is 16.0. The van der Waals surface area contributed by atoms with Crippen LogP contribution in [0, 0.1) is 6.92 Å². The summed E-state index contributed by atoms with van der Waals surface area (Å²) in [6.45, 7) is 3.26. The molecule has 5 heteroatoms. The summed E-state index contributed by atoms with van der Waals surface area (Å²) >= 11 is 0. The zero-order chi connectivity index (χ0) is 13.9. The number of amides is 1. The molecule has 100 valence electrons. The van der Waals surface area contributed by atoms with Gasteiger partial charge in [0.05, 0.1) is 12.1 Å². The number of carbonyl (C=O) groups excluding carboxylic acids is 1. The first kappa shape index (κ1) is 13.3. The van der Waals surface area contributed by atoms with Crippen molar-refractivity contribution in [2.24, 2.45) is 0 Å². The van der Waals surface area contributed by atoms with Crippen LogP contribution in [0.2, 0.25) is 0 Å². The zero-order valence-corrected chi connectivity index (χ0v) is 10.9. The normalized spacial score (nSPS) is 13.8. The van der Waals surface area contributed by atoms with Crippen LogP contribution < -0.4 is 5.32 Å². The van der Waals surface area contributed by atoms with Crippen molar-refractivity contribution in [1.82, 2.24) is 10.5 Å². The molecular formula is C14H16N2O3. The van der Waals surface area contributed by atoms with Crippen molar-refractivity contribution in [2.45, 2.75) is 19.4 Å². The summed E-state index contributed by atoms with van der Waals surface area (Å²) in [6, 6.07) is 10.8. The van der Waals surface area contributed by atoms with Gasteiger partial charge in [-0.05, 0) is 19.4 Å². The number of hydrogen-bond donors (Lipinski definition) is 2. The van der Waals surface area contributed by atoms with E-state index in [1.807, 2.05) is 30.3 Å². The average molecular weight is 260 g/mol. The molecule has 0 aliphatic carbocycles. The highest BCUT2D eigenvalue weighted by Crippen LogP contribution is 2.20. The monoisotopic (exact) mass is 260 g/mol. The molecule has 1 unspecified atom stereocenters. The van der Waals surface area contributed by atoms with Crippen LogP contribution in [-0.2, 0) is 5.54 Å². The molecule has 1 heterocycles. The molecule has 0 aliphatic heterocycles. The lowest BCUT2D eigenvalue weighted by Crippen LogP contribution is -2.46. The number of aryl methyl sites for hydroxylation is 1. The van der Waals surface area contributed by atoms with Crippen LogP contribution in [-0.4, -0.2) is 22.8 Å². The van der Waals surface area contributed by atoms with Crippen LogP contribution in [0.3, 0.4) is 0 Å². The standard InChI is InChI=1S/C14H16N2O3/c1-10-8-12(16-19-10)13(18)15-14(2,9-17)11-6-4-3-5-7-11/h3-8,17H,9H2,1-2H3,(H,15,18). The SMILES string of the molecule is Cc1cc(C(=O)NC(C)(CO)c2ccccc2)no1. The largest absolute Gasteiger partial charge is 0.394 e. The number of aliphatic hydroxyl groups excluding tert-OH is 1. The minimum Gasteiger partial charge on any atom is -0.394 e. The predicted molar refractivity (Wildman–Crippen MR) is 69.6 cm³/mol. The first-order valence-electron chi connectivity index (χ1n) is 5.97. The molecule has 2 rings (SSSR count). The number of hydrogen-bond acceptors (Lipinski definition) is 4. The molecule has 0 bridgehead atoms. The van der Waals surface area contributed by atoms with Gasteiger partial charge in [-0.15, -0.1) is 0 Å². The van der Waals surface area contributed by atoms with Crippen LogP contribution in [0.1, 0.15) is 28.7 Å². The molecular weight excluding hydrogens is 244 g/mol. The van der Waals surface area contributed by atoms with Crippen molar-refractivity contribution in [1.29, 1.82) is 0 Å². The molecule has 19 heavy (non-hydrogen) atoms. The second-order valence-electron chi connectivity index (χ2n) is 4.63. The number of rotatable bonds is 4. The van der Waals surface area contributed by atoms with Gasteiger partial charge in [0.1, 0.15) is 5.76 Å². The fourth-order valence-corrected chi connectivity index (χ4v) is 1.80. The van der Waals surface area contributed by atoms with Crippen LogP contribution in [0.25, 0.3) is 0 Å². The second-order valence-corrected chi connectivity index (χ2v) is 4.63. The molecule has 5 nitrogen and oxygen atoms in total. The Kier molecular flexibility index (Phi) is 3.66. The van der Waals surface area contributed by atoms with E-state index in [0.717, 1.165) is 5.56 Å². The van der Waals surface area contributed by atoms with Gasteiger partial charge in [-0.3, -0.25) is 4.79 Å². The Morgan fingerprint density at radius 1 is 1.42 bits per heavy atom. The molecule has 2 aromatic rings. The number of aromatic nitrogens is 1. The highest BCUT2D eigenvalue weighted by molar-refractivity contribution is 5.92. The Balaban J connectivity index is 2.22. The fourth-order valence-electron chi connectivity index (χ4n) is 1.80. The van der Waals surface area contributed by atoms with Gasteiger partial charge >= 0.3 is 0 Å². The number of carbonyl (C=O) groups is 1. The Morgan fingerprint density at radius 3 is 2.63 bits per heavy atom. The van der Waals surface area contributed by atoms with Gasteiger partial charge in [-0.2, -0.15) is 0 Å². The fraction of sp³-hybridized carbons (Fsp3) is 0.286. The summed E-state index contributed by atoms with van der Waals surface area (Å²) in [5.41, 5.74) is 0.171. The van der Waals surface area contributed by atoms with Crippen molar-refractivity contribution in [2.75, 3.05) is 6.61 Å². The molecule has 0 saturated heterocycles.